The average Bonchev–Trinajstić information content (AvgIpc) is 3.26. The highest BCUT2D eigenvalue weighted by Gasteiger charge is 2.27. The second kappa shape index (κ2) is 5.89. The van der Waals surface area contributed by atoms with E-state index in [0.717, 1.165) is 35.4 Å². The Hall–Kier alpha value is -2.00. The number of aromatic nitrogens is 4. The zero-order chi connectivity index (χ0) is 15.8. The Labute approximate surface area is 144 Å². The summed E-state index contributed by atoms with van der Waals surface area (Å²) in [5.74, 6) is 0.779. The van der Waals surface area contributed by atoms with Crippen LogP contribution in [-0.4, -0.2) is 44.6 Å². The van der Waals surface area contributed by atoms with Crippen LogP contribution in [0.3, 0.4) is 0 Å². The Morgan fingerprint density at radius 3 is 3.22 bits per heavy atom. The van der Waals surface area contributed by atoms with Crippen molar-refractivity contribution in [3.63, 3.8) is 0 Å². The lowest BCUT2D eigenvalue weighted by Crippen LogP contribution is -2.37. The molecule has 0 unspecified atom stereocenters. The maximum Gasteiger partial charge on any atom is 0.261 e. The molecular formula is C14H13BrN6OS. The minimum atomic E-state index is -0.0267. The molecule has 1 aliphatic heterocycles. The van der Waals surface area contributed by atoms with Gasteiger partial charge in [-0.3, -0.25) is 9.20 Å². The number of carbonyl (C=O) groups excluding carboxylic acids is 1. The van der Waals surface area contributed by atoms with Gasteiger partial charge in [0.05, 0.1) is 4.88 Å². The first-order chi connectivity index (χ1) is 11.2. The molecule has 23 heavy (non-hydrogen) atoms. The molecule has 1 aliphatic rings. The van der Waals surface area contributed by atoms with Crippen LogP contribution >= 0.6 is 27.3 Å². The molecule has 1 atom stereocenters. The van der Waals surface area contributed by atoms with Gasteiger partial charge in [-0.15, -0.1) is 21.5 Å². The summed E-state index contributed by atoms with van der Waals surface area (Å²) in [6.07, 6.45) is 6.10. The lowest BCUT2D eigenvalue weighted by Gasteiger charge is -2.17. The number of carbonyl (C=O) groups is 1. The van der Waals surface area contributed by atoms with Gasteiger partial charge in [-0.1, -0.05) is 0 Å². The number of nitrogens with one attached hydrogen (secondary N) is 1. The summed E-state index contributed by atoms with van der Waals surface area (Å²) in [7, 11) is 0. The van der Waals surface area contributed by atoms with E-state index in [4.69, 9.17) is 0 Å². The lowest BCUT2D eigenvalue weighted by atomic mass is 10.2. The van der Waals surface area contributed by atoms with Gasteiger partial charge in [-0.05, 0) is 28.4 Å². The predicted octanol–water partition coefficient (Wildman–Crippen LogP) is 1.96. The van der Waals surface area contributed by atoms with Crippen LogP contribution in [0.4, 0.5) is 5.82 Å². The van der Waals surface area contributed by atoms with Gasteiger partial charge in [0.25, 0.3) is 5.91 Å². The van der Waals surface area contributed by atoms with Crippen molar-refractivity contribution in [3.8, 4) is 0 Å². The molecule has 0 aliphatic carbocycles. The first-order valence-electron chi connectivity index (χ1n) is 7.15. The molecule has 1 saturated heterocycles. The van der Waals surface area contributed by atoms with Crippen LogP contribution in [0.1, 0.15) is 16.1 Å². The van der Waals surface area contributed by atoms with E-state index < -0.39 is 0 Å². The van der Waals surface area contributed by atoms with Crippen molar-refractivity contribution >= 4 is 44.6 Å². The fraction of sp³-hybridized carbons (Fsp3) is 0.286. The van der Waals surface area contributed by atoms with Gasteiger partial charge < -0.3 is 10.2 Å². The van der Waals surface area contributed by atoms with E-state index in [0.29, 0.717) is 4.88 Å². The Kier molecular flexibility index (Phi) is 3.74. The quantitative estimate of drug-likeness (QED) is 0.737. The van der Waals surface area contributed by atoms with Crippen molar-refractivity contribution in [1.29, 1.82) is 0 Å². The Morgan fingerprint density at radius 2 is 2.39 bits per heavy atom. The third kappa shape index (κ3) is 2.81. The topological polar surface area (TPSA) is 75.4 Å². The molecule has 0 aromatic carbocycles. The number of amides is 1. The van der Waals surface area contributed by atoms with E-state index in [9.17, 15) is 4.79 Å². The minimum Gasteiger partial charge on any atom is -0.351 e. The summed E-state index contributed by atoms with van der Waals surface area (Å²) < 4.78 is 2.78. The molecule has 0 spiro atoms. The smallest absolute Gasteiger partial charge is 0.261 e. The van der Waals surface area contributed by atoms with E-state index in [2.05, 4.69) is 41.3 Å². The first kappa shape index (κ1) is 14.6. The fourth-order valence-corrected chi connectivity index (χ4v) is 4.06. The summed E-state index contributed by atoms with van der Waals surface area (Å²) >= 11 is 4.81. The molecule has 1 fully saturated rings. The third-order valence-electron chi connectivity index (χ3n) is 3.81. The number of hydrogen-bond acceptors (Lipinski definition) is 6. The van der Waals surface area contributed by atoms with Crippen molar-refractivity contribution in [2.24, 2.45) is 0 Å². The Bertz CT molecular complexity index is 862. The maximum absolute atomic E-state index is 12.2. The largest absolute Gasteiger partial charge is 0.351 e. The normalized spacial score (nSPS) is 17.8. The lowest BCUT2D eigenvalue weighted by molar-refractivity contribution is 0.0944. The number of hydrogen-bond donors (Lipinski definition) is 1. The third-order valence-corrected chi connectivity index (χ3v) is 5.50. The van der Waals surface area contributed by atoms with Crippen LogP contribution in [0.5, 0.6) is 0 Å². The van der Waals surface area contributed by atoms with Crippen LogP contribution in [-0.2, 0) is 0 Å². The highest BCUT2D eigenvalue weighted by atomic mass is 79.9. The maximum atomic E-state index is 12.2. The molecular weight excluding hydrogens is 380 g/mol. The molecule has 7 nitrogen and oxygen atoms in total. The molecule has 3 aromatic rings. The standard InChI is InChI=1S/C14H13BrN6OS/c15-9-5-11(23-7-9)14(22)18-10-1-3-20(6-10)12-13-19-17-8-21(13)4-2-16-12/h2,4-5,7-8,10H,1,3,6H2,(H,18,22)/t10-/m1/s1. The summed E-state index contributed by atoms with van der Waals surface area (Å²) in [6.45, 7) is 1.55. The van der Waals surface area contributed by atoms with Crippen LogP contribution in [0.15, 0.2) is 34.6 Å². The predicted molar refractivity (Wildman–Crippen MR) is 90.9 cm³/mol. The Morgan fingerprint density at radius 1 is 1.48 bits per heavy atom. The van der Waals surface area contributed by atoms with Crippen molar-refractivity contribution in [2.45, 2.75) is 12.5 Å². The van der Waals surface area contributed by atoms with Crippen LogP contribution < -0.4 is 10.2 Å². The molecule has 118 valence electrons. The zero-order valence-electron chi connectivity index (χ0n) is 12.0. The number of fused-ring (bicyclic) bond motifs is 1. The monoisotopic (exact) mass is 392 g/mol. The number of thiophene rings is 1. The van der Waals surface area contributed by atoms with E-state index in [1.165, 1.54) is 11.3 Å². The molecule has 1 amide bonds. The number of anilines is 1. The van der Waals surface area contributed by atoms with Gasteiger partial charge >= 0.3 is 0 Å². The second-order valence-corrected chi connectivity index (χ2v) is 7.17. The fourth-order valence-electron chi connectivity index (χ4n) is 2.73. The van der Waals surface area contributed by atoms with Crippen molar-refractivity contribution < 1.29 is 4.79 Å². The molecule has 0 saturated carbocycles. The van der Waals surface area contributed by atoms with Crippen LogP contribution in [0.2, 0.25) is 0 Å². The van der Waals surface area contributed by atoms with Crippen molar-refractivity contribution in [3.05, 3.63) is 39.5 Å². The minimum absolute atomic E-state index is 0.0267. The van der Waals surface area contributed by atoms with Crippen molar-refractivity contribution in [2.75, 3.05) is 18.0 Å². The Balaban J connectivity index is 1.47. The van der Waals surface area contributed by atoms with Gasteiger partial charge in [-0.25, -0.2) is 4.98 Å². The van der Waals surface area contributed by atoms with Gasteiger partial charge in [-0.2, -0.15) is 0 Å². The van der Waals surface area contributed by atoms with E-state index in [1.807, 2.05) is 22.0 Å². The highest BCUT2D eigenvalue weighted by molar-refractivity contribution is 9.10. The molecule has 1 N–H and O–H groups in total. The van der Waals surface area contributed by atoms with E-state index in [1.54, 1.807) is 12.5 Å². The summed E-state index contributed by atoms with van der Waals surface area (Å²) in [5, 5.41) is 13.0. The molecule has 9 heteroatoms. The van der Waals surface area contributed by atoms with Crippen molar-refractivity contribution in [1.82, 2.24) is 24.9 Å². The van der Waals surface area contributed by atoms with E-state index >= 15 is 0 Å². The summed E-state index contributed by atoms with van der Waals surface area (Å²) in [5.41, 5.74) is 0.738. The highest BCUT2D eigenvalue weighted by Crippen LogP contribution is 2.23. The van der Waals surface area contributed by atoms with Gasteiger partial charge in [0.15, 0.2) is 5.82 Å². The molecule has 0 bridgehead atoms. The van der Waals surface area contributed by atoms with Crippen LogP contribution in [0.25, 0.3) is 5.65 Å². The van der Waals surface area contributed by atoms with Gasteiger partial charge in [0, 0.05) is 41.4 Å². The average molecular weight is 393 g/mol. The zero-order valence-corrected chi connectivity index (χ0v) is 14.4. The van der Waals surface area contributed by atoms with E-state index in [-0.39, 0.29) is 11.9 Å². The SMILES string of the molecule is O=C(N[C@@H]1CCN(c2nccn3cnnc23)C1)c1cc(Br)cs1. The molecule has 3 aromatic heterocycles. The number of nitrogens with zero attached hydrogens (tertiary/aromatic N) is 5. The molecule has 0 radical (unpaired) electrons. The second-order valence-electron chi connectivity index (χ2n) is 5.35. The number of rotatable bonds is 3. The van der Waals surface area contributed by atoms with Gasteiger partial charge in [0.2, 0.25) is 5.65 Å². The van der Waals surface area contributed by atoms with Gasteiger partial charge in [0.1, 0.15) is 6.33 Å². The first-order valence-corrected chi connectivity index (χ1v) is 8.82. The summed E-state index contributed by atoms with van der Waals surface area (Å²) in [6, 6.07) is 1.94. The number of halogens is 1. The molecule has 4 heterocycles. The summed E-state index contributed by atoms with van der Waals surface area (Å²) in [4.78, 5) is 19.5. The van der Waals surface area contributed by atoms with Crippen LogP contribution in [0, 0.1) is 0 Å². The molecule has 4 rings (SSSR count).